The molecule has 0 unspecified atom stereocenters. The number of rotatable bonds is 23. The van der Waals surface area contributed by atoms with E-state index in [-0.39, 0.29) is 45.5 Å². The van der Waals surface area contributed by atoms with Gasteiger partial charge in [-0.25, -0.2) is 9.13 Å². The second-order valence-corrected chi connectivity index (χ2v) is 19.7. The summed E-state index contributed by atoms with van der Waals surface area (Å²) in [7, 11) is 8.75. The third kappa shape index (κ3) is 26.5. The molecule has 18 heteroatoms. The van der Waals surface area contributed by atoms with Crippen molar-refractivity contribution in [2.75, 3.05) is 13.6 Å². The maximum absolute atomic E-state index is 4.61. The molecule has 0 atom stereocenters. The van der Waals surface area contributed by atoms with Crippen molar-refractivity contribution >= 4 is 73.0 Å². The van der Waals surface area contributed by atoms with Crippen LogP contribution in [0.2, 0.25) is 0 Å². The van der Waals surface area contributed by atoms with Crippen molar-refractivity contribution in [1.82, 2.24) is 34.3 Å². The molecule has 0 N–H and O–H groups in total. The SMILES string of the molecule is Br.C.CCCCCCCCCCCCCCCCN1C=CN(C)[CH-]1.CCCCCn1cc[n+](C)c1.[Cl][Pt+].[Pt+2].c1ccc(N=C2[N-]C(=Nc3ccccn3)c3ccccc32)nc1.c1ccc(N=C2[N-]C(=Nc3ccccn3)c3ccccc32)nc1. The third-order valence-electron chi connectivity index (χ3n) is 13.2. The Balaban J connectivity index is 0.000000295. The Morgan fingerprint density at radius 2 is 0.798 bits per heavy atom. The van der Waals surface area contributed by atoms with Crippen molar-refractivity contribution in [3.05, 3.63) is 217 Å². The van der Waals surface area contributed by atoms with Gasteiger partial charge in [0.1, 0.15) is 12.4 Å². The number of imidazole rings is 1. The average Bonchev–Trinajstić information content (AvgIpc) is 4.47. The molecule has 0 aliphatic carbocycles. The van der Waals surface area contributed by atoms with Crippen molar-refractivity contribution in [3.63, 3.8) is 0 Å². The molecule has 0 amide bonds. The van der Waals surface area contributed by atoms with Gasteiger partial charge in [0.2, 0.25) is 6.33 Å². The van der Waals surface area contributed by atoms with Crippen LogP contribution in [-0.4, -0.2) is 71.2 Å². The van der Waals surface area contributed by atoms with E-state index in [2.05, 4.69) is 145 Å². The third-order valence-corrected chi connectivity index (χ3v) is 13.2. The van der Waals surface area contributed by atoms with Crippen molar-refractivity contribution in [1.29, 1.82) is 0 Å². The second kappa shape index (κ2) is 43.6. The fraction of sp³-hybridized carbons (Fsp3) is 0.364. The van der Waals surface area contributed by atoms with Gasteiger partial charge in [-0.15, -0.1) is 17.0 Å². The van der Waals surface area contributed by atoms with Crippen LogP contribution in [0.4, 0.5) is 23.3 Å². The molecule has 14 nitrogen and oxygen atoms in total. The first kappa shape index (κ1) is 72.3. The second-order valence-electron chi connectivity index (χ2n) is 19.7. The molecule has 0 saturated carbocycles. The standard InChI is InChI=1S/C20H39N2.2C18H12N5.C9H17N2.CH4.BrH.ClH.2Pt/c1-3-4-5-6-7-8-9-10-11-12-13-14-15-16-17-22-19-18-21(2)20-22;2*1-2-8-14-13(7-1)17(21-15-9-3-5-11-19-15)23-18(14)22-16-10-4-6-12-20-16;1-3-4-5-6-11-8-7-10(2)9-11;;;;;/h18-20H,3-17H2,1-2H3;2*1-12H;7-9H,3-6H2,1-2H3;1H4;2*1H;;/q3*-1;+1;;;;2*+2/p-1. The first-order valence-corrected chi connectivity index (χ1v) is 31.5. The number of nitrogens with zero attached hydrogens (tertiary/aromatic N) is 14. The van der Waals surface area contributed by atoms with E-state index >= 15 is 0 Å². The monoisotopic (exact) mass is 1580 g/mol. The van der Waals surface area contributed by atoms with Gasteiger partial charge in [-0.1, -0.05) is 184 Å². The predicted octanol–water partition coefficient (Wildman–Crippen LogP) is 17.7. The van der Waals surface area contributed by atoms with E-state index in [4.69, 9.17) is 0 Å². The summed E-state index contributed by atoms with van der Waals surface area (Å²) in [5, 5.41) is 9.13. The number of aliphatic imine (C=N–C) groups is 4. The van der Waals surface area contributed by atoms with E-state index in [9.17, 15) is 0 Å². The van der Waals surface area contributed by atoms with Crippen molar-refractivity contribution < 1.29 is 44.4 Å². The summed E-state index contributed by atoms with van der Waals surface area (Å²) in [5.74, 6) is 4.98. The van der Waals surface area contributed by atoms with Crippen LogP contribution in [0.25, 0.3) is 10.6 Å². The summed E-state index contributed by atoms with van der Waals surface area (Å²) in [4.78, 5) is 39.4. The molecule has 3 aliphatic heterocycles. The number of aromatic nitrogens is 6. The van der Waals surface area contributed by atoms with Gasteiger partial charge < -0.3 is 40.4 Å². The molecule has 8 heterocycles. The summed E-state index contributed by atoms with van der Waals surface area (Å²) in [6.07, 6.45) is 41.5. The number of pyridine rings is 4. The quantitative estimate of drug-likeness (QED) is 0.0354. The summed E-state index contributed by atoms with van der Waals surface area (Å²) in [6.45, 7) is 9.03. The fourth-order valence-electron chi connectivity index (χ4n) is 8.94. The molecular formula is C66H85BrClN14Pt2+. The Morgan fingerprint density at radius 1 is 0.476 bits per heavy atom. The maximum atomic E-state index is 4.61. The number of benzene rings is 2. The first-order valence-electron chi connectivity index (χ1n) is 28.7. The molecule has 452 valence electrons. The van der Waals surface area contributed by atoms with Crippen molar-refractivity contribution in [2.45, 2.75) is 137 Å². The fourth-order valence-corrected chi connectivity index (χ4v) is 8.94. The summed E-state index contributed by atoms with van der Waals surface area (Å²) >= 11 is 1.61. The number of amidine groups is 4. The number of fused-ring (bicyclic) bond motifs is 2. The van der Waals surface area contributed by atoms with Gasteiger partial charge in [0.05, 0.1) is 36.9 Å². The van der Waals surface area contributed by atoms with Crippen molar-refractivity contribution in [2.24, 2.45) is 27.0 Å². The molecule has 2 aromatic carbocycles. The Labute approximate surface area is 541 Å². The minimum Gasteiger partial charge on any atom is -0.357 e. The number of halogens is 2. The zero-order valence-electron chi connectivity index (χ0n) is 48.4. The van der Waals surface area contributed by atoms with Gasteiger partial charge in [-0.3, -0.25) is 19.9 Å². The van der Waals surface area contributed by atoms with E-state index in [1.807, 2.05) is 121 Å². The van der Waals surface area contributed by atoms with E-state index in [0.29, 0.717) is 46.6 Å². The maximum Gasteiger partial charge on any atom is 2.00 e. The Bertz CT molecular complexity index is 2700. The normalized spacial score (nSPS) is 14.1. The molecule has 0 radical (unpaired) electrons. The van der Waals surface area contributed by atoms with Crippen LogP contribution in [0.1, 0.15) is 153 Å². The molecule has 0 spiro atoms. The summed E-state index contributed by atoms with van der Waals surface area (Å²) in [6, 6.07) is 38.2. The molecule has 3 aliphatic rings. The number of unbranched alkanes of at least 4 members (excludes halogenated alkanes) is 15. The van der Waals surface area contributed by atoms with Crippen LogP contribution in [0.5, 0.6) is 0 Å². The van der Waals surface area contributed by atoms with Crippen LogP contribution in [-0.2, 0) is 53.4 Å². The number of aryl methyl sites for hydroxylation is 2. The summed E-state index contributed by atoms with van der Waals surface area (Å²) in [5.41, 5.74) is 3.81. The molecule has 5 aromatic heterocycles. The van der Waals surface area contributed by atoms with E-state index in [1.54, 1.807) is 43.6 Å². The number of hydrogen-bond donors (Lipinski definition) is 0. The van der Waals surface area contributed by atoms with Crippen LogP contribution in [0.15, 0.2) is 197 Å². The van der Waals surface area contributed by atoms with Gasteiger partial charge in [-0.05, 0) is 116 Å². The molecular weight excluding hydrogens is 1490 g/mol. The molecule has 7 aromatic rings. The minimum atomic E-state index is 0. The predicted molar refractivity (Wildman–Crippen MR) is 348 cm³/mol. The largest absolute Gasteiger partial charge is 2.00 e. The van der Waals surface area contributed by atoms with Gasteiger partial charge in [0.15, 0.2) is 0 Å². The van der Waals surface area contributed by atoms with Crippen LogP contribution in [0, 0.1) is 6.67 Å². The average molecular weight is 1580 g/mol. The molecule has 84 heavy (non-hydrogen) atoms. The Kier molecular flexibility index (Phi) is 37.5. The van der Waals surface area contributed by atoms with Gasteiger partial charge in [0, 0.05) is 48.1 Å². The minimum absolute atomic E-state index is 0. The van der Waals surface area contributed by atoms with E-state index in [1.165, 1.54) is 116 Å². The van der Waals surface area contributed by atoms with E-state index in [0.717, 1.165) is 28.8 Å². The van der Waals surface area contributed by atoms with Crippen LogP contribution < -0.4 is 4.57 Å². The summed E-state index contributed by atoms with van der Waals surface area (Å²) < 4.78 is 4.31. The molecule has 10 rings (SSSR count). The number of hydrogen-bond acceptors (Lipinski definition) is 10. The van der Waals surface area contributed by atoms with Crippen LogP contribution >= 0.6 is 26.4 Å². The van der Waals surface area contributed by atoms with Gasteiger partial charge in [0.25, 0.3) is 0 Å². The van der Waals surface area contributed by atoms with Gasteiger partial charge in [-0.2, -0.15) is 6.67 Å². The van der Waals surface area contributed by atoms with Gasteiger partial charge >= 0.3 is 49.3 Å². The first-order chi connectivity index (χ1) is 39.9. The molecule has 0 bridgehead atoms. The Morgan fingerprint density at radius 3 is 1.10 bits per heavy atom. The topological polar surface area (TPSA) is 144 Å². The zero-order chi connectivity index (χ0) is 57.0. The van der Waals surface area contributed by atoms with E-state index < -0.39 is 0 Å². The Hall–Kier alpha value is -5.98. The zero-order valence-corrected chi connectivity index (χ0v) is 55.4. The molecule has 0 fully saturated rings. The smallest absolute Gasteiger partial charge is 0.357 e. The van der Waals surface area contributed by atoms with Crippen LogP contribution in [0.3, 0.4) is 0 Å². The van der Waals surface area contributed by atoms with Crippen molar-refractivity contribution in [3.8, 4) is 0 Å². The molecule has 0 saturated heterocycles.